The lowest BCUT2D eigenvalue weighted by molar-refractivity contribution is -0.0648. The molecule has 0 radical (unpaired) electrons. The molecule has 2 atom stereocenters. The first-order valence-corrected chi connectivity index (χ1v) is 17.3. The summed E-state index contributed by atoms with van der Waals surface area (Å²) in [6.45, 7) is 10.6. The molecule has 0 aliphatic carbocycles. The Hall–Kier alpha value is -4.77. The maximum Gasteiger partial charge on any atom is 0.410 e. The quantitative estimate of drug-likeness (QED) is 0.226. The molecule has 6 heterocycles. The molecule has 0 spiro atoms. The molecule has 2 aliphatic rings. The molecule has 2 unspecified atom stereocenters. The van der Waals surface area contributed by atoms with Crippen LogP contribution in [0.2, 0.25) is 0 Å². The highest BCUT2D eigenvalue weighted by atomic mass is 16.6. The summed E-state index contributed by atoms with van der Waals surface area (Å²) in [5, 5.41) is 29.0. The van der Waals surface area contributed by atoms with Crippen LogP contribution in [0.25, 0.3) is 16.6 Å². The summed E-state index contributed by atoms with van der Waals surface area (Å²) in [6, 6.07) is 14.1. The number of nitrogens with one attached hydrogen (secondary N) is 1. The highest BCUT2D eigenvalue weighted by molar-refractivity contribution is 5.85. The van der Waals surface area contributed by atoms with Crippen LogP contribution in [0, 0.1) is 11.3 Å². The molecule has 4 aromatic rings. The number of aliphatic hydroxyl groups is 1. The Morgan fingerprint density at radius 1 is 1.18 bits per heavy atom. The number of fused-ring (bicyclic) bond motifs is 1. The van der Waals surface area contributed by atoms with E-state index in [4.69, 9.17) is 19.2 Å². The minimum absolute atomic E-state index is 0.323. The number of carbonyl (C=O) groups is 1. The molecule has 2 aliphatic heterocycles. The summed E-state index contributed by atoms with van der Waals surface area (Å²) in [4.78, 5) is 26.0. The Kier molecular flexibility index (Phi) is 10.5. The lowest BCUT2D eigenvalue weighted by atomic mass is 9.82. The molecule has 0 bridgehead atoms. The SMILES string of the molecule is CCOc1cc(-c2ccc(N3CCC(Cc4ccccn4)(NC(O)CC4CN(C(=O)OC(C)(C)C)CCO4)CC3)nc2)c2c(C#N)cnn2c1. The minimum Gasteiger partial charge on any atom is -0.492 e. The predicted octanol–water partition coefficient (Wildman–Crippen LogP) is 4.58. The van der Waals surface area contributed by atoms with Crippen molar-refractivity contribution in [2.24, 2.45) is 0 Å². The third-order valence-electron chi connectivity index (χ3n) is 9.12. The summed E-state index contributed by atoms with van der Waals surface area (Å²) < 4.78 is 19.0. The number of carbonyl (C=O) groups excluding carboxylic acids is 1. The molecule has 2 saturated heterocycles. The number of nitriles is 1. The number of nitrogens with zero attached hydrogens (tertiary/aromatic N) is 7. The molecule has 13 nitrogen and oxygen atoms in total. The average Bonchev–Trinajstić information content (AvgIpc) is 3.51. The van der Waals surface area contributed by atoms with Crippen LogP contribution in [0.3, 0.4) is 0 Å². The van der Waals surface area contributed by atoms with E-state index < -0.39 is 17.4 Å². The van der Waals surface area contributed by atoms with Crippen LogP contribution >= 0.6 is 0 Å². The predicted molar refractivity (Wildman–Crippen MR) is 188 cm³/mol. The van der Waals surface area contributed by atoms with Crippen LogP contribution in [0.4, 0.5) is 10.6 Å². The van der Waals surface area contributed by atoms with Gasteiger partial charge >= 0.3 is 6.09 Å². The zero-order valence-corrected chi connectivity index (χ0v) is 29.2. The van der Waals surface area contributed by atoms with Crippen molar-refractivity contribution in [1.82, 2.24) is 29.8 Å². The third kappa shape index (κ3) is 8.33. The van der Waals surface area contributed by atoms with Gasteiger partial charge in [0.1, 0.15) is 29.5 Å². The number of ether oxygens (including phenoxy) is 3. The number of anilines is 1. The Balaban J connectivity index is 1.14. The van der Waals surface area contributed by atoms with Crippen molar-refractivity contribution in [2.45, 2.75) is 76.9 Å². The second-order valence-corrected chi connectivity index (χ2v) is 14.0. The van der Waals surface area contributed by atoms with Gasteiger partial charge in [-0.2, -0.15) is 10.4 Å². The van der Waals surface area contributed by atoms with E-state index in [1.807, 2.05) is 70.3 Å². The second kappa shape index (κ2) is 15.0. The molecular weight excluding hydrogens is 636 g/mol. The van der Waals surface area contributed by atoms with Gasteiger partial charge in [0.05, 0.1) is 49.3 Å². The lowest BCUT2D eigenvalue weighted by Crippen LogP contribution is -2.59. The fourth-order valence-corrected chi connectivity index (χ4v) is 6.78. The van der Waals surface area contributed by atoms with E-state index in [9.17, 15) is 15.2 Å². The van der Waals surface area contributed by atoms with Gasteiger partial charge in [-0.05, 0) is 70.9 Å². The van der Waals surface area contributed by atoms with Gasteiger partial charge in [-0.15, -0.1) is 0 Å². The smallest absolute Gasteiger partial charge is 0.410 e. The molecule has 4 aromatic heterocycles. The number of hydrogen-bond donors (Lipinski definition) is 2. The van der Waals surface area contributed by atoms with Crippen LogP contribution in [0.15, 0.2) is 61.2 Å². The van der Waals surface area contributed by atoms with Crippen molar-refractivity contribution in [3.8, 4) is 22.9 Å². The van der Waals surface area contributed by atoms with E-state index in [-0.39, 0.29) is 12.2 Å². The number of aliphatic hydroxyl groups excluding tert-OH is 1. The fraction of sp³-hybridized carbons (Fsp3) is 0.486. The molecule has 1 amide bonds. The molecule has 0 saturated carbocycles. The van der Waals surface area contributed by atoms with E-state index in [1.54, 1.807) is 28.0 Å². The standard InChI is InChI=1S/C37H46N8O5/c1-5-48-29-18-31(34-27(21-38)23-41-45(34)25-29)26-9-10-32(40-22-26)43-14-11-37(12-15-43,20-28-8-6-7-13-39-28)42-33(46)19-30-24-44(16-17-49-30)35(47)50-36(2,3)4/h6-10,13,18,22-23,25,30,33,42,46H,5,11-12,14-17,19-20,24H2,1-4H3. The minimum atomic E-state index is -0.850. The third-order valence-corrected chi connectivity index (χ3v) is 9.12. The summed E-state index contributed by atoms with van der Waals surface area (Å²) in [5.74, 6) is 1.52. The Bertz CT molecular complexity index is 1790. The van der Waals surface area contributed by atoms with Crippen LogP contribution in [-0.4, -0.2) is 98.5 Å². The van der Waals surface area contributed by atoms with Gasteiger partial charge in [-0.3, -0.25) is 10.3 Å². The van der Waals surface area contributed by atoms with Gasteiger partial charge < -0.3 is 29.1 Å². The number of piperidine rings is 1. The number of morpholine rings is 1. The van der Waals surface area contributed by atoms with Gasteiger partial charge in [0, 0.05) is 67.2 Å². The second-order valence-electron chi connectivity index (χ2n) is 14.0. The fourth-order valence-electron chi connectivity index (χ4n) is 6.78. The molecule has 50 heavy (non-hydrogen) atoms. The van der Waals surface area contributed by atoms with Gasteiger partial charge in [-0.25, -0.2) is 14.3 Å². The highest BCUT2D eigenvalue weighted by Crippen LogP contribution is 2.33. The first kappa shape index (κ1) is 35.1. The van der Waals surface area contributed by atoms with Gasteiger partial charge in [0.15, 0.2) is 0 Å². The van der Waals surface area contributed by atoms with Gasteiger partial charge in [-0.1, -0.05) is 6.07 Å². The van der Waals surface area contributed by atoms with Crippen LogP contribution in [0.5, 0.6) is 5.75 Å². The number of aromatic nitrogens is 4. The normalized spacial score (nSPS) is 18.4. The van der Waals surface area contributed by atoms with E-state index in [0.29, 0.717) is 56.0 Å². The van der Waals surface area contributed by atoms with Crippen molar-refractivity contribution in [1.29, 1.82) is 5.26 Å². The molecule has 2 fully saturated rings. The largest absolute Gasteiger partial charge is 0.492 e. The van der Waals surface area contributed by atoms with E-state index in [2.05, 4.69) is 26.4 Å². The molecule has 0 aromatic carbocycles. The van der Waals surface area contributed by atoms with Crippen molar-refractivity contribution in [3.63, 3.8) is 0 Å². The first-order valence-electron chi connectivity index (χ1n) is 17.3. The number of rotatable bonds is 10. The summed E-state index contributed by atoms with van der Waals surface area (Å²) in [5.41, 5.74) is 2.84. The van der Waals surface area contributed by atoms with Crippen LogP contribution in [0.1, 0.15) is 58.2 Å². The van der Waals surface area contributed by atoms with E-state index >= 15 is 0 Å². The number of amides is 1. The maximum atomic E-state index is 12.7. The van der Waals surface area contributed by atoms with Crippen molar-refractivity contribution in [3.05, 3.63) is 72.4 Å². The summed E-state index contributed by atoms with van der Waals surface area (Å²) in [6.07, 6.45) is 7.91. The molecular formula is C37H46N8O5. The van der Waals surface area contributed by atoms with Crippen molar-refractivity contribution in [2.75, 3.05) is 44.3 Å². The van der Waals surface area contributed by atoms with Gasteiger partial charge in [0.2, 0.25) is 0 Å². The zero-order chi connectivity index (χ0) is 35.3. The highest BCUT2D eigenvalue weighted by Gasteiger charge is 2.38. The molecule has 2 N–H and O–H groups in total. The molecule has 6 rings (SSSR count). The Labute approximate surface area is 292 Å². The zero-order valence-electron chi connectivity index (χ0n) is 29.2. The van der Waals surface area contributed by atoms with E-state index in [0.717, 1.165) is 48.6 Å². The van der Waals surface area contributed by atoms with Crippen LogP contribution in [-0.2, 0) is 15.9 Å². The van der Waals surface area contributed by atoms with E-state index in [1.165, 1.54) is 0 Å². The van der Waals surface area contributed by atoms with Crippen molar-refractivity contribution >= 4 is 17.4 Å². The average molecular weight is 683 g/mol. The monoisotopic (exact) mass is 682 g/mol. The van der Waals surface area contributed by atoms with Gasteiger partial charge in [0.25, 0.3) is 0 Å². The van der Waals surface area contributed by atoms with Crippen LogP contribution < -0.4 is 15.0 Å². The topological polar surface area (TPSA) is 150 Å². The number of pyridine rings is 3. The maximum absolute atomic E-state index is 12.7. The Morgan fingerprint density at radius 3 is 2.68 bits per heavy atom. The summed E-state index contributed by atoms with van der Waals surface area (Å²) >= 11 is 0. The number of hydrogen-bond acceptors (Lipinski definition) is 11. The molecule has 264 valence electrons. The first-order chi connectivity index (χ1) is 24.0. The lowest BCUT2D eigenvalue weighted by Gasteiger charge is -2.44. The Morgan fingerprint density at radius 2 is 2.00 bits per heavy atom. The van der Waals surface area contributed by atoms with Crippen molar-refractivity contribution < 1.29 is 24.1 Å². The molecule has 13 heteroatoms. The summed E-state index contributed by atoms with van der Waals surface area (Å²) in [7, 11) is 0.